The predicted octanol–water partition coefficient (Wildman–Crippen LogP) is 8.32. The van der Waals surface area contributed by atoms with Crippen molar-refractivity contribution in [1.82, 2.24) is 19.9 Å². The summed E-state index contributed by atoms with van der Waals surface area (Å²) in [7, 11) is 1.39. The van der Waals surface area contributed by atoms with Crippen LogP contribution in [-0.4, -0.2) is 49.7 Å². The Morgan fingerprint density at radius 3 is 1.54 bits per heavy atom. The summed E-state index contributed by atoms with van der Waals surface area (Å²) in [6, 6.07) is 29.2. The number of aliphatic hydroxyl groups excluding tert-OH is 1. The van der Waals surface area contributed by atoms with Crippen LogP contribution in [-0.2, 0) is 9.53 Å². The van der Waals surface area contributed by atoms with Crippen molar-refractivity contribution in [3.05, 3.63) is 143 Å². The van der Waals surface area contributed by atoms with Crippen molar-refractivity contribution in [3.8, 4) is 46.0 Å². The summed E-state index contributed by atoms with van der Waals surface area (Å²) >= 11 is 0. The molecular weight excluding hydrogens is 684 g/mol. The first kappa shape index (κ1) is 35.8. The quantitative estimate of drug-likeness (QED) is 0.131. The number of aliphatic hydroxyl groups is 1. The highest BCUT2D eigenvalue weighted by molar-refractivity contribution is 5.95. The summed E-state index contributed by atoms with van der Waals surface area (Å²) in [5.74, 6) is 0.960. The average Bonchev–Trinajstić information content (AvgIpc) is 3.19. The summed E-state index contributed by atoms with van der Waals surface area (Å²) in [6.07, 6.45) is 2.45. The van der Waals surface area contributed by atoms with Crippen LogP contribution >= 0.6 is 0 Å². The van der Waals surface area contributed by atoms with E-state index in [9.17, 15) is 19.5 Å². The van der Waals surface area contributed by atoms with Gasteiger partial charge in [0, 0.05) is 62.8 Å². The zero-order valence-electron chi connectivity index (χ0n) is 30.2. The molecule has 0 fully saturated rings. The summed E-state index contributed by atoms with van der Waals surface area (Å²) < 4.78 is 16.8. The highest BCUT2D eigenvalue weighted by Gasteiger charge is 2.45. The second kappa shape index (κ2) is 14.4. The molecule has 4 aromatic heterocycles. The van der Waals surface area contributed by atoms with Crippen LogP contribution in [0.3, 0.4) is 0 Å². The number of aromatic nitrogens is 4. The second-order valence-electron chi connectivity index (χ2n) is 13.5. The van der Waals surface area contributed by atoms with E-state index in [1.165, 1.54) is 21.0 Å². The van der Waals surface area contributed by atoms with Crippen molar-refractivity contribution >= 4 is 17.5 Å². The average molecular weight is 721 g/mol. The molecule has 2 atom stereocenters. The monoisotopic (exact) mass is 720 g/mol. The van der Waals surface area contributed by atoms with Gasteiger partial charge in [0.15, 0.2) is 11.6 Å². The van der Waals surface area contributed by atoms with Gasteiger partial charge in [-0.25, -0.2) is 19.9 Å². The van der Waals surface area contributed by atoms with E-state index in [2.05, 4.69) is 15.0 Å². The fraction of sp³-hybridized carbons (Fsp3) is 0.186. The first-order valence-electron chi connectivity index (χ1n) is 17.2. The number of Topliss-reactive ketones (excluding diaryl/α,β-unsaturated/α-hetero) is 2. The van der Waals surface area contributed by atoms with Gasteiger partial charge in [0.1, 0.15) is 6.10 Å². The Bertz CT molecular complexity index is 2410. The van der Waals surface area contributed by atoms with Gasteiger partial charge in [-0.2, -0.15) is 0 Å². The van der Waals surface area contributed by atoms with Crippen LogP contribution in [0.5, 0.6) is 23.5 Å². The lowest BCUT2D eigenvalue weighted by molar-refractivity contribution is -0.151. The largest absolute Gasteiger partial charge is 0.469 e. The third-order valence-electron chi connectivity index (χ3n) is 9.59. The molecule has 11 heteroatoms. The SMILES string of the molecule is CC(=O)c1ccc(-c2ccc3c(n2)Oc2ncccc2C3O)cc1.COC(=O)C(C)(C)C1c2cccnc2Oc2nc(-c3ccc(C(C)=O)cc3)ccc21. The Kier molecular flexibility index (Phi) is 9.57. The molecule has 0 aliphatic carbocycles. The molecule has 6 heterocycles. The fourth-order valence-electron chi connectivity index (χ4n) is 6.65. The van der Waals surface area contributed by atoms with E-state index in [0.29, 0.717) is 57.2 Å². The number of rotatable bonds is 6. The van der Waals surface area contributed by atoms with Crippen molar-refractivity contribution < 1.29 is 33.7 Å². The maximum atomic E-state index is 12.6. The lowest BCUT2D eigenvalue weighted by Crippen LogP contribution is -2.35. The molecule has 1 N–H and O–H groups in total. The summed E-state index contributed by atoms with van der Waals surface area (Å²) in [4.78, 5) is 53.2. The van der Waals surface area contributed by atoms with Crippen LogP contribution in [0.25, 0.3) is 22.5 Å². The molecular formula is C43H36N4O7. The molecule has 54 heavy (non-hydrogen) atoms. The molecule has 6 aromatic rings. The summed E-state index contributed by atoms with van der Waals surface area (Å²) in [5, 5.41) is 10.5. The number of pyridine rings is 4. The molecule has 2 aliphatic rings. The third-order valence-corrected chi connectivity index (χ3v) is 9.59. The standard InChI is InChI=1S/C24H22N2O4.C19H14N2O3/c1-14(27)15-7-9-16(10-8-15)19-12-11-18-20(24(2,3)23(28)29-4)17-6-5-13-25-21(17)30-22(18)26-19;1-11(22)12-4-6-13(7-5-12)16-9-8-15-17(23)14-3-2-10-20-18(14)24-19(15)21-16/h5-13,20H,1-4H3;2-10,17,23H,1H3. The van der Waals surface area contributed by atoms with Crippen LogP contribution in [0.1, 0.15) is 82.7 Å². The number of methoxy groups -OCH3 is 1. The van der Waals surface area contributed by atoms with E-state index >= 15 is 0 Å². The van der Waals surface area contributed by atoms with Crippen molar-refractivity contribution in [2.24, 2.45) is 5.41 Å². The van der Waals surface area contributed by atoms with Gasteiger partial charge in [0.2, 0.25) is 23.5 Å². The Morgan fingerprint density at radius 1 is 0.611 bits per heavy atom. The third kappa shape index (κ3) is 6.72. The molecule has 2 aromatic carbocycles. The topological polar surface area (TPSA) is 151 Å². The number of ketones is 2. The molecule has 11 nitrogen and oxygen atoms in total. The maximum Gasteiger partial charge on any atom is 0.312 e. The van der Waals surface area contributed by atoms with Gasteiger partial charge in [-0.3, -0.25) is 14.4 Å². The second-order valence-corrected chi connectivity index (χ2v) is 13.5. The van der Waals surface area contributed by atoms with Crippen molar-refractivity contribution in [2.75, 3.05) is 7.11 Å². The maximum absolute atomic E-state index is 12.6. The minimum absolute atomic E-state index is 0.0128. The lowest BCUT2D eigenvalue weighted by Gasteiger charge is -2.36. The van der Waals surface area contributed by atoms with Gasteiger partial charge in [0.05, 0.1) is 23.9 Å². The minimum Gasteiger partial charge on any atom is -0.469 e. The van der Waals surface area contributed by atoms with Gasteiger partial charge < -0.3 is 19.3 Å². The number of hydrogen-bond donors (Lipinski definition) is 1. The predicted molar refractivity (Wildman–Crippen MR) is 200 cm³/mol. The molecule has 0 radical (unpaired) electrons. The Morgan fingerprint density at radius 2 is 1.04 bits per heavy atom. The molecule has 8 rings (SSSR count). The minimum atomic E-state index is -0.850. The Balaban J connectivity index is 0.000000171. The summed E-state index contributed by atoms with van der Waals surface area (Å²) in [5.41, 5.74) is 6.45. The Hall–Kier alpha value is -6.59. The molecule has 0 saturated heterocycles. The van der Waals surface area contributed by atoms with E-state index in [1.807, 2.05) is 68.4 Å². The van der Waals surface area contributed by atoms with Crippen LogP contribution in [0.4, 0.5) is 0 Å². The zero-order chi connectivity index (χ0) is 38.1. The van der Waals surface area contributed by atoms with Gasteiger partial charge in [0.25, 0.3) is 0 Å². The number of hydrogen-bond acceptors (Lipinski definition) is 11. The number of carbonyl (C=O) groups excluding carboxylic acids is 3. The van der Waals surface area contributed by atoms with Crippen LogP contribution < -0.4 is 9.47 Å². The van der Waals surface area contributed by atoms with Crippen LogP contribution in [0, 0.1) is 5.41 Å². The van der Waals surface area contributed by atoms with Crippen molar-refractivity contribution in [2.45, 2.75) is 39.7 Å². The highest BCUT2D eigenvalue weighted by atomic mass is 16.5. The lowest BCUT2D eigenvalue weighted by atomic mass is 9.71. The number of nitrogens with zero attached hydrogens (tertiary/aromatic N) is 4. The summed E-state index contributed by atoms with van der Waals surface area (Å²) in [6.45, 7) is 6.77. The number of fused-ring (bicyclic) bond motifs is 4. The van der Waals surface area contributed by atoms with Gasteiger partial charge >= 0.3 is 5.97 Å². The van der Waals surface area contributed by atoms with E-state index in [0.717, 1.165) is 22.3 Å². The molecule has 0 saturated carbocycles. The first-order chi connectivity index (χ1) is 26.0. The van der Waals surface area contributed by atoms with E-state index < -0.39 is 11.5 Å². The molecule has 0 amide bonds. The van der Waals surface area contributed by atoms with Gasteiger partial charge in [-0.1, -0.05) is 60.7 Å². The van der Waals surface area contributed by atoms with Crippen molar-refractivity contribution in [3.63, 3.8) is 0 Å². The van der Waals surface area contributed by atoms with E-state index in [4.69, 9.17) is 19.2 Å². The first-order valence-corrected chi connectivity index (χ1v) is 17.2. The molecule has 270 valence electrons. The van der Waals surface area contributed by atoms with Gasteiger partial charge in [-0.05, 0) is 64.1 Å². The number of carbonyl (C=O) groups is 3. The van der Waals surface area contributed by atoms with Gasteiger partial charge in [-0.15, -0.1) is 0 Å². The normalized spacial score (nSPS) is 15.0. The fourth-order valence-corrected chi connectivity index (χ4v) is 6.65. The van der Waals surface area contributed by atoms with Crippen LogP contribution in [0.15, 0.2) is 109 Å². The number of benzene rings is 2. The Labute approximate surface area is 311 Å². The number of ether oxygens (including phenoxy) is 3. The smallest absolute Gasteiger partial charge is 0.312 e. The zero-order valence-corrected chi connectivity index (χ0v) is 30.2. The van der Waals surface area contributed by atoms with Crippen LogP contribution in [0.2, 0.25) is 0 Å². The molecule has 2 unspecified atom stereocenters. The molecule has 2 aliphatic heterocycles. The molecule has 0 spiro atoms. The van der Waals surface area contributed by atoms with E-state index in [-0.39, 0.29) is 23.5 Å². The van der Waals surface area contributed by atoms with E-state index in [1.54, 1.807) is 54.9 Å². The highest BCUT2D eigenvalue weighted by Crippen LogP contribution is 2.51. The number of esters is 1. The van der Waals surface area contributed by atoms with Crippen molar-refractivity contribution in [1.29, 1.82) is 0 Å². The molecule has 0 bridgehead atoms.